The van der Waals surface area contributed by atoms with Crippen molar-refractivity contribution in [3.8, 4) is 11.3 Å². The number of thioether (sulfide) groups is 1. The number of nitrogens with zero attached hydrogens (tertiary/aromatic N) is 3. The molecular weight excluding hydrogens is 346 g/mol. The van der Waals surface area contributed by atoms with E-state index in [2.05, 4.69) is 40.7 Å². The summed E-state index contributed by atoms with van der Waals surface area (Å²) in [5, 5.41) is 0.878. The van der Waals surface area contributed by atoms with Gasteiger partial charge in [0.05, 0.1) is 24.3 Å². The third-order valence-electron chi connectivity index (χ3n) is 4.72. The number of aromatic nitrogens is 2. The van der Waals surface area contributed by atoms with Crippen LogP contribution < -0.4 is 0 Å². The quantitative estimate of drug-likeness (QED) is 0.696. The Kier molecular flexibility index (Phi) is 6.74. The summed E-state index contributed by atoms with van der Waals surface area (Å²) in [7, 11) is 1.70. The summed E-state index contributed by atoms with van der Waals surface area (Å²) in [6.45, 7) is 5.21. The predicted molar refractivity (Wildman–Crippen MR) is 105 cm³/mol. The molecule has 0 aliphatic carbocycles. The number of likely N-dealkylation sites (tertiary alicyclic amines) is 1. The SMILES string of the molecule is COCCn1c(-c2ccc(C)cc2)cnc1SCC(=O)N1CCCCC1. The second-order valence-electron chi connectivity index (χ2n) is 6.67. The molecule has 0 unspecified atom stereocenters. The van der Waals surface area contributed by atoms with E-state index in [1.807, 2.05) is 11.1 Å². The van der Waals surface area contributed by atoms with Crippen LogP contribution in [0.15, 0.2) is 35.6 Å². The lowest BCUT2D eigenvalue weighted by atomic mass is 10.1. The third kappa shape index (κ3) is 4.68. The average molecular weight is 374 g/mol. The number of rotatable bonds is 7. The molecule has 0 radical (unpaired) electrons. The van der Waals surface area contributed by atoms with Gasteiger partial charge in [-0.1, -0.05) is 41.6 Å². The molecule has 1 saturated heterocycles. The number of ether oxygens (including phenoxy) is 1. The van der Waals surface area contributed by atoms with Gasteiger partial charge in [0.1, 0.15) is 0 Å². The Morgan fingerprint density at radius 2 is 1.92 bits per heavy atom. The molecule has 1 aromatic heterocycles. The number of amides is 1. The van der Waals surface area contributed by atoms with Crippen LogP contribution in [0.4, 0.5) is 0 Å². The lowest BCUT2D eigenvalue weighted by Crippen LogP contribution is -2.36. The van der Waals surface area contributed by atoms with Crippen LogP contribution in [-0.2, 0) is 16.1 Å². The van der Waals surface area contributed by atoms with Crippen LogP contribution in [0.25, 0.3) is 11.3 Å². The van der Waals surface area contributed by atoms with Gasteiger partial charge in [-0.3, -0.25) is 4.79 Å². The normalized spacial score (nSPS) is 14.6. The summed E-state index contributed by atoms with van der Waals surface area (Å²) in [6, 6.07) is 8.44. The molecule has 1 fully saturated rings. The number of carbonyl (C=O) groups is 1. The molecule has 1 amide bonds. The van der Waals surface area contributed by atoms with Crippen LogP contribution in [-0.4, -0.2) is 52.9 Å². The zero-order valence-corrected chi connectivity index (χ0v) is 16.4. The average Bonchev–Trinajstić information content (AvgIpc) is 3.08. The largest absolute Gasteiger partial charge is 0.383 e. The molecule has 6 heteroatoms. The highest BCUT2D eigenvalue weighted by molar-refractivity contribution is 7.99. The van der Waals surface area contributed by atoms with Gasteiger partial charge in [-0.2, -0.15) is 0 Å². The maximum absolute atomic E-state index is 12.5. The number of hydrogen-bond acceptors (Lipinski definition) is 4. The fraction of sp³-hybridized carbons (Fsp3) is 0.500. The molecule has 0 spiro atoms. The Labute approximate surface area is 159 Å². The van der Waals surface area contributed by atoms with E-state index in [0.717, 1.165) is 48.9 Å². The van der Waals surface area contributed by atoms with Crippen molar-refractivity contribution >= 4 is 17.7 Å². The van der Waals surface area contributed by atoms with Crippen molar-refractivity contribution < 1.29 is 9.53 Å². The number of methoxy groups -OCH3 is 1. The number of carbonyl (C=O) groups excluding carboxylic acids is 1. The molecule has 1 aliphatic rings. The first-order valence-electron chi connectivity index (χ1n) is 9.21. The van der Waals surface area contributed by atoms with Crippen LogP contribution in [0.3, 0.4) is 0 Å². The van der Waals surface area contributed by atoms with Gasteiger partial charge in [0.25, 0.3) is 0 Å². The monoisotopic (exact) mass is 373 g/mol. The van der Waals surface area contributed by atoms with Gasteiger partial charge in [0, 0.05) is 26.7 Å². The van der Waals surface area contributed by atoms with Gasteiger partial charge in [-0.25, -0.2) is 4.98 Å². The van der Waals surface area contributed by atoms with Crippen LogP contribution in [0.2, 0.25) is 0 Å². The molecule has 5 nitrogen and oxygen atoms in total. The molecule has 1 aliphatic heterocycles. The number of hydrogen-bond donors (Lipinski definition) is 0. The lowest BCUT2D eigenvalue weighted by Gasteiger charge is -2.26. The number of imidazole rings is 1. The van der Waals surface area contributed by atoms with Crippen LogP contribution >= 0.6 is 11.8 Å². The van der Waals surface area contributed by atoms with Gasteiger partial charge in [-0.05, 0) is 31.7 Å². The van der Waals surface area contributed by atoms with Gasteiger partial charge >= 0.3 is 0 Å². The Hall–Kier alpha value is -1.79. The zero-order valence-electron chi connectivity index (χ0n) is 15.6. The molecule has 0 N–H and O–H groups in total. The molecule has 2 heterocycles. The molecule has 2 aromatic rings. The first kappa shape index (κ1) is 19.0. The number of piperidine rings is 1. The second kappa shape index (κ2) is 9.24. The van der Waals surface area contributed by atoms with Crippen molar-refractivity contribution in [3.05, 3.63) is 36.0 Å². The topological polar surface area (TPSA) is 47.4 Å². The van der Waals surface area contributed by atoms with E-state index in [4.69, 9.17) is 4.74 Å². The fourth-order valence-electron chi connectivity index (χ4n) is 3.19. The van der Waals surface area contributed by atoms with Gasteiger partial charge < -0.3 is 14.2 Å². The summed E-state index contributed by atoms with van der Waals surface area (Å²) in [5.74, 6) is 0.657. The van der Waals surface area contributed by atoms with E-state index < -0.39 is 0 Å². The van der Waals surface area contributed by atoms with E-state index in [9.17, 15) is 4.79 Å². The zero-order chi connectivity index (χ0) is 18.4. The van der Waals surface area contributed by atoms with Gasteiger partial charge in [-0.15, -0.1) is 0 Å². The molecule has 0 atom stereocenters. The minimum absolute atomic E-state index is 0.216. The maximum Gasteiger partial charge on any atom is 0.233 e. The molecule has 1 aromatic carbocycles. The minimum atomic E-state index is 0.216. The maximum atomic E-state index is 12.5. The number of benzene rings is 1. The van der Waals surface area contributed by atoms with Crippen LogP contribution in [0.5, 0.6) is 0 Å². The number of aryl methyl sites for hydroxylation is 1. The van der Waals surface area contributed by atoms with Crippen molar-refractivity contribution in [1.82, 2.24) is 14.5 Å². The van der Waals surface area contributed by atoms with Crippen molar-refractivity contribution in [2.45, 2.75) is 37.9 Å². The Balaban J connectivity index is 1.73. The van der Waals surface area contributed by atoms with Crippen LogP contribution in [0.1, 0.15) is 24.8 Å². The van der Waals surface area contributed by atoms with Gasteiger partial charge in [0.15, 0.2) is 5.16 Å². The van der Waals surface area contributed by atoms with E-state index in [1.165, 1.54) is 23.7 Å². The Morgan fingerprint density at radius 3 is 2.62 bits per heavy atom. The van der Waals surface area contributed by atoms with E-state index in [1.54, 1.807) is 7.11 Å². The molecule has 140 valence electrons. The van der Waals surface area contributed by atoms with Gasteiger partial charge in [0.2, 0.25) is 5.91 Å². The second-order valence-corrected chi connectivity index (χ2v) is 7.61. The van der Waals surface area contributed by atoms with E-state index in [0.29, 0.717) is 12.4 Å². The highest BCUT2D eigenvalue weighted by atomic mass is 32.2. The summed E-state index contributed by atoms with van der Waals surface area (Å²) >= 11 is 1.52. The Bertz CT molecular complexity index is 721. The first-order valence-corrected chi connectivity index (χ1v) is 10.2. The van der Waals surface area contributed by atoms with E-state index in [-0.39, 0.29) is 5.91 Å². The summed E-state index contributed by atoms with van der Waals surface area (Å²) in [6.07, 6.45) is 5.37. The standard InChI is InChI=1S/C20H27N3O2S/c1-16-6-8-17(9-7-16)18-14-21-20(23(18)12-13-25-2)26-15-19(24)22-10-4-3-5-11-22/h6-9,14H,3-5,10-13,15H2,1-2H3. The first-order chi connectivity index (χ1) is 12.7. The van der Waals surface area contributed by atoms with Crippen molar-refractivity contribution in [2.75, 3.05) is 32.6 Å². The van der Waals surface area contributed by atoms with E-state index >= 15 is 0 Å². The van der Waals surface area contributed by atoms with Crippen molar-refractivity contribution in [2.24, 2.45) is 0 Å². The molecule has 0 saturated carbocycles. The summed E-state index contributed by atoms with van der Waals surface area (Å²) < 4.78 is 7.42. The molecule has 26 heavy (non-hydrogen) atoms. The summed E-state index contributed by atoms with van der Waals surface area (Å²) in [5.41, 5.74) is 3.43. The van der Waals surface area contributed by atoms with Crippen molar-refractivity contribution in [1.29, 1.82) is 0 Å². The Morgan fingerprint density at radius 1 is 1.19 bits per heavy atom. The predicted octanol–water partition coefficient (Wildman–Crippen LogP) is 3.61. The molecule has 0 bridgehead atoms. The van der Waals surface area contributed by atoms with Crippen molar-refractivity contribution in [3.63, 3.8) is 0 Å². The smallest absolute Gasteiger partial charge is 0.233 e. The summed E-state index contributed by atoms with van der Waals surface area (Å²) in [4.78, 5) is 19.0. The third-order valence-corrected chi connectivity index (χ3v) is 5.69. The fourth-order valence-corrected chi connectivity index (χ4v) is 4.10. The minimum Gasteiger partial charge on any atom is -0.383 e. The molecular formula is C20H27N3O2S. The molecule has 3 rings (SSSR count). The highest BCUT2D eigenvalue weighted by Gasteiger charge is 2.19. The van der Waals surface area contributed by atoms with Crippen LogP contribution in [0, 0.1) is 6.92 Å². The lowest BCUT2D eigenvalue weighted by molar-refractivity contribution is -0.129. The highest BCUT2D eigenvalue weighted by Crippen LogP contribution is 2.27.